The molecule has 1 amide bonds. The van der Waals surface area contributed by atoms with Gasteiger partial charge in [0.2, 0.25) is 0 Å². The largest absolute Gasteiger partial charge is 0.319 e. The molecular formula is C16H16Cl2N2O. The Bertz CT molecular complexity index is 599. The van der Waals surface area contributed by atoms with Crippen molar-refractivity contribution in [3.63, 3.8) is 0 Å². The van der Waals surface area contributed by atoms with E-state index in [2.05, 4.69) is 10.3 Å². The van der Waals surface area contributed by atoms with Crippen LogP contribution in [0.4, 0.5) is 5.69 Å². The third kappa shape index (κ3) is 4.73. The van der Waals surface area contributed by atoms with Crippen LogP contribution >= 0.6 is 23.2 Å². The maximum absolute atomic E-state index is 12.1. The zero-order chi connectivity index (χ0) is 15.1. The lowest BCUT2D eigenvalue weighted by molar-refractivity contribution is 0.102. The number of pyridine rings is 1. The summed E-state index contributed by atoms with van der Waals surface area (Å²) in [4.78, 5) is 16.1. The molecule has 0 radical (unpaired) electrons. The molecule has 0 atom stereocenters. The summed E-state index contributed by atoms with van der Waals surface area (Å²) < 4.78 is 0. The van der Waals surface area contributed by atoms with Crippen molar-refractivity contribution < 1.29 is 4.79 Å². The van der Waals surface area contributed by atoms with E-state index in [0.29, 0.717) is 22.2 Å². The number of carbonyl (C=O) groups excluding carboxylic acids is 1. The van der Waals surface area contributed by atoms with Crippen LogP contribution in [-0.2, 0) is 6.42 Å². The molecular weight excluding hydrogens is 307 g/mol. The maximum Gasteiger partial charge on any atom is 0.255 e. The number of hydrogen-bond acceptors (Lipinski definition) is 2. The fourth-order valence-electron chi connectivity index (χ4n) is 1.91. The van der Waals surface area contributed by atoms with Gasteiger partial charge in [0, 0.05) is 17.6 Å². The maximum atomic E-state index is 12.1. The minimum atomic E-state index is -0.197. The Balaban J connectivity index is 1.98. The lowest BCUT2D eigenvalue weighted by atomic mass is 10.1. The Hall–Kier alpha value is -1.58. The van der Waals surface area contributed by atoms with E-state index in [-0.39, 0.29) is 5.91 Å². The summed E-state index contributed by atoms with van der Waals surface area (Å²) in [5.74, 6) is 0.490. The molecule has 0 saturated carbocycles. The van der Waals surface area contributed by atoms with Crippen LogP contribution in [-0.4, -0.2) is 16.8 Å². The van der Waals surface area contributed by atoms with Gasteiger partial charge in [-0.25, -0.2) is 0 Å². The molecule has 0 bridgehead atoms. The van der Waals surface area contributed by atoms with Gasteiger partial charge in [0.1, 0.15) is 0 Å². The highest BCUT2D eigenvalue weighted by Gasteiger charge is 2.08. The van der Waals surface area contributed by atoms with Gasteiger partial charge in [-0.1, -0.05) is 23.7 Å². The summed E-state index contributed by atoms with van der Waals surface area (Å²) in [6, 6.07) is 9.20. The number of nitrogens with one attached hydrogen (secondary N) is 1. The molecule has 0 unspecified atom stereocenters. The Morgan fingerprint density at radius 1 is 1.14 bits per heavy atom. The van der Waals surface area contributed by atoms with Crippen molar-refractivity contribution in [2.45, 2.75) is 19.3 Å². The molecule has 0 aliphatic rings. The summed E-state index contributed by atoms with van der Waals surface area (Å²) in [5.41, 5.74) is 2.31. The summed E-state index contributed by atoms with van der Waals surface area (Å²) in [7, 11) is 0. The molecule has 2 rings (SSSR count). The Kier molecular flexibility index (Phi) is 6.03. The molecule has 110 valence electrons. The molecule has 0 aliphatic heterocycles. The van der Waals surface area contributed by atoms with Crippen LogP contribution in [0.25, 0.3) is 0 Å². The predicted molar refractivity (Wildman–Crippen MR) is 87.3 cm³/mol. The first-order chi connectivity index (χ1) is 10.2. The van der Waals surface area contributed by atoms with Gasteiger partial charge in [-0.05, 0) is 43.0 Å². The average molecular weight is 323 g/mol. The second-order valence-corrected chi connectivity index (χ2v) is 5.44. The molecule has 21 heavy (non-hydrogen) atoms. The molecule has 5 heteroatoms. The SMILES string of the molecule is O=C(Nc1cnccc1Cl)c1ccc(CCCCCl)cc1. The van der Waals surface area contributed by atoms with E-state index in [1.807, 2.05) is 24.3 Å². The van der Waals surface area contributed by atoms with Crippen molar-refractivity contribution >= 4 is 34.8 Å². The van der Waals surface area contributed by atoms with Crippen molar-refractivity contribution in [2.75, 3.05) is 11.2 Å². The Morgan fingerprint density at radius 2 is 1.90 bits per heavy atom. The van der Waals surface area contributed by atoms with Crippen molar-refractivity contribution in [3.05, 3.63) is 58.9 Å². The number of halogens is 2. The third-order valence-corrected chi connectivity index (χ3v) is 3.68. The van der Waals surface area contributed by atoms with Crippen LogP contribution in [0.15, 0.2) is 42.7 Å². The number of hydrogen-bond donors (Lipinski definition) is 1. The molecule has 2 aromatic rings. The van der Waals surface area contributed by atoms with Crippen molar-refractivity contribution in [1.82, 2.24) is 4.98 Å². The Morgan fingerprint density at radius 3 is 2.57 bits per heavy atom. The quantitative estimate of drug-likeness (QED) is 0.626. The number of nitrogens with zero attached hydrogens (tertiary/aromatic N) is 1. The van der Waals surface area contributed by atoms with Crippen LogP contribution in [0.1, 0.15) is 28.8 Å². The fourth-order valence-corrected chi connectivity index (χ4v) is 2.25. The molecule has 1 aromatic carbocycles. The first-order valence-corrected chi connectivity index (χ1v) is 7.67. The number of benzene rings is 1. The van der Waals surface area contributed by atoms with E-state index >= 15 is 0 Å². The molecule has 1 heterocycles. The molecule has 1 N–H and O–H groups in total. The van der Waals surface area contributed by atoms with Crippen LogP contribution < -0.4 is 5.32 Å². The van der Waals surface area contributed by atoms with Crippen molar-refractivity contribution in [1.29, 1.82) is 0 Å². The van der Waals surface area contributed by atoms with Crippen LogP contribution in [0.5, 0.6) is 0 Å². The summed E-state index contributed by atoms with van der Waals surface area (Å²) in [5, 5.41) is 3.22. The van der Waals surface area contributed by atoms with Crippen LogP contribution in [0.3, 0.4) is 0 Å². The smallest absolute Gasteiger partial charge is 0.255 e. The summed E-state index contributed by atoms with van der Waals surface area (Å²) in [6.07, 6.45) is 6.14. The molecule has 0 fully saturated rings. The van der Waals surface area contributed by atoms with Gasteiger partial charge in [0.15, 0.2) is 0 Å². The van der Waals surface area contributed by atoms with Crippen molar-refractivity contribution in [2.24, 2.45) is 0 Å². The van der Waals surface area contributed by atoms with Gasteiger partial charge >= 0.3 is 0 Å². The fraction of sp³-hybridized carbons (Fsp3) is 0.250. The van der Waals surface area contributed by atoms with Gasteiger partial charge in [-0.3, -0.25) is 9.78 Å². The zero-order valence-corrected chi connectivity index (χ0v) is 13.0. The highest BCUT2D eigenvalue weighted by atomic mass is 35.5. The first kappa shape index (κ1) is 15.8. The second kappa shape index (κ2) is 8.01. The molecule has 0 spiro atoms. The third-order valence-electron chi connectivity index (χ3n) is 3.08. The van der Waals surface area contributed by atoms with Crippen LogP contribution in [0, 0.1) is 0 Å². The van der Waals surface area contributed by atoms with E-state index in [9.17, 15) is 4.79 Å². The first-order valence-electron chi connectivity index (χ1n) is 6.76. The van der Waals surface area contributed by atoms with E-state index in [4.69, 9.17) is 23.2 Å². The lowest BCUT2D eigenvalue weighted by Crippen LogP contribution is -2.12. The number of aromatic nitrogens is 1. The number of anilines is 1. The lowest BCUT2D eigenvalue weighted by Gasteiger charge is -2.07. The minimum absolute atomic E-state index is 0.197. The highest BCUT2D eigenvalue weighted by molar-refractivity contribution is 6.33. The van der Waals surface area contributed by atoms with Gasteiger partial charge < -0.3 is 5.32 Å². The second-order valence-electron chi connectivity index (χ2n) is 4.65. The number of aryl methyl sites for hydroxylation is 1. The van der Waals surface area contributed by atoms with E-state index < -0.39 is 0 Å². The predicted octanol–water partition coefficient (Wildman–Crippen LogP) is 4.55. The van der Waals surface area contributed by atoms with Crippen LogP contribution in [0.2, 0.25) is 5.02 Å². The standard InChI is InChI=1S/C16H16Cl2N2O/c17-9-2-1-3-12-4-6-13(7-5-12)16(21)20-15-11-19-10-8-14(15)18/h4-8,10-11H,1-3,9H2,(H,20,21). The van der Waals surface area contributed by atoms with Gasteiger partial charge in [-0.2, -0.15) is 0 Å². The average Bonchev–Trinajstić information content (AvgIpc) is 2.50. The van der Waals surface area contributed by atoms with Gasteiger partial charge in [0.05, 0.1) is 16.9 Å². The molecule has 3 nitrogen and oxygen atoms in total. The topological polar surface area (TPSA) is 42.0 Å². The number of amides is 1. The minimum Gasteiger partial charge on any atom is -0.319 e. The van der Waals surface area contributed by atoms with E-state index in [0.717, 1.165) is 19.3 Å². The molecule has 1 aromatic heterocycles. The normalized spacial score (nSPS) is 10.4. The number of unbranched alkanes of at least 4 members (excludes halogenated alkanes) is 1. The number of rotatable bonds is 6. The summed E-state index contributed by atoms with van der Waals surface area (Å²) >= 11 is 11.6. The van der Waals surface area contributed by atoms with Gasteiger partial charge in [-0.15, -0.1) is 11.6 Å². The molecule has 0 saturated heterocycles. The number of carbonyl (C=O) groups is 1. The molecule has 0 aliphatic carbocycles. The van der Waals surface area contributed by atoms with Gasteiger partial charge in [0.25, 0.3) is 5.91 Å². The monoisotopic (exact) mass is 322 g/mol. The zero-order valence-electron chi connectivity index (χ0n) is 11.5. The highest BCUT2D eigenvalue weighted by Crippen LogP contribution is 2.20. The van der Waals surface area contributed by atoms with E-state index in [1.54, 1.807) is 12.3 Å². The Labute approximate surface area is 134 Å². The number of alkyl halides is 1. The van der Waals surface area contributed by atoms with Crippen molar-refractivity contribution in [3.8, 4) is 0 Å². The van der Waals surface area contributed by atoms with E-state index in [1.165, 1.54) is 11.8 Å². The summed E-state index contributed by atoms with van der Waals surface area (Å²) in [6.45, 7) is 0.